The highest BCUT2D eigenvalue weighted by atomic mass is 32.2. The van der Waals surface area contributed by atoms with Gasteiger partial charge >= 0.3 is 11.7 Å². The normalized spacial score (nSPS) is 12.7. The molecule has 0 heterocycles. The van der Waals surface area contributed by atoms with Crippen molar-refractivity contribution in [3.63, 3.8) is 0 Å². The van der Waals surface area contributed by atoms with Crippen molar-refractivity contribution in [2.45, 2.75) is 11.0 Å². The number of aliphatic carboxylic acids is 1. The number of ether oxygens (including phenoxy) is 1. The highest BCUT2D eigenvalue weighted by Crippen LogP contribution is 2.29. The SMILES string of the molecule is COc1ccc(S(=O)(=O)NC[C@H](O)C(=O)O)cc1[N+](=O)[O-]. The standard InChI is InChI=1S/C10H12N2O8S/c1-20-9-3-2-6(4-7(9)12(16)17)21(18,19)11-5-8(13)10(14)15/h2-4,8,11,13H,5H2,1H3,(H,14,15)/t8-/m0/s1. The summed E-state index contributed by atoms with van der Waals surface area (Å²) in [6.07, 6.45) is -1.92. The summed E-state index contributed by atoms with van der Waals surface area (Å²) in [4.78, 5) is 19.9. The number of rotatable bonds is 7. The number of carboxylic acids is 1. The van der Waals surface area contributed by atoms with Gasteiger partial charge in [0.25, 0.3) is 0 Å². The maximum atomic E-state index is 11.9. The molecule has 0 saturated heterocycles. The maximum Gasteiger partial charge on any atom is 0.333 e. The smallest absolute Gasteiger partial charge is 0.333 e. The van der Waals surface area contributed by atoms with Gasteiger partial charge in [0.05, 0.1) is 16.9 Å². The summed E-state index contributed by atoms with van der Waals surface area (Å²) < 4.78 is 30.3. The van der Waals surface area contributed by atoms with E-state index >= 15 is 0 Å². The molecule has 1 aromatic rings. The number of nitro benzene ring substituents is 1. The zero-order valence-electron chi connectivity index (χ0n) is 10.7. The van der Waals surface area contributed by atoms with Crippen molar-refractivity contribution in [1.29, 1.82) is 0 Å². The topological polar surface area (TPSA) is 156 Å². The van der Waals surface area contributed by atoms with Crippen LogP contribution in [0.25, 0.3) is 0 Å². The van der Waals surface area contributed by atoms with Gasteiger partial charge in [-0.15, -0.1) is 0 Å². The van der Waals surface area contributed by atoms with Crippen LogP contribution in [0.2, 0.25) is 0 Å². The van der Waals surface area contributed by atoms with Gasteiger partial charge in [-0.05, 0) is 12.1 Å². The summed E-state index contributed by atoms with van der Waals surface area (Å²) in [5.74, 6) is -1.72. The minimum Gasteiger partial charge on any atom is -0.490 e. The molecule has 11 heteroatoms. The third kappa shape index (κ3) is 4.11. The van der Waals surface area contributed by atoms with Crippen molar-refractivity contribution in [3.8, 4) is 5.75 Å². The number of nitrogens with one attached hydrogen (secondary N) is 1. The van der Waals surface area contributed by atoms with E-state index in [0.29, 0.717) is 0 Å². The van der Waals surface area contributed by atoms with Gasteiger partial charge in [-0.1, -0.05) is 0 Å². The lowest BCUT2D eigenvalue weighted by Gasteiger charge is -2.09. The van der Waals surface area contributed by atoms with Gasteiger partial charge in [0, 0.05) is 12.6 Å². The second kappa shape index (κ2) is 6.47. The Morgan fingerprint density at radius 3 is 2.62 bits per heavy atom. The number of benzene rings is 1. The summed E-state index contributed by atoms with van der Waals surface area (Å²) in [6.45, 7) is -0.766. The molecule has 0 saturated carbocycles. The number of methoxy groups -OCH3 is 1. The molecular weight excluding hydrogens is 308 g/mol. The van der Waals surface area contributed by atoms with Crippen LogP contribution in [0.3, 0.4) is 0 Å². The predicted molar refractivity (Wildman–Crippen MR) is 68.5 cm³/mol. The van der Waals surface area contributed by atoms with Crippen LogP contribution in [-0.2, 0) is 14.8 Å². The van der Waals surface area contributed by atoms with Crippen LogP contribution >= 0.6 is 0 Å². The van der Waals surface area contributed by atoms with Gasteiger partial charge < -0.3 is 14.9 Å². The van der Waals surface area contributed by atoms with Gasteiger partial charge in [-0.2, -0.15) is 0 Å². The van der Waals surface area contributed by atoms with Crippen LogP contribution in [0.1, 0.15) is 0 Å². The van der Waals surface area contributed by atoms with Crippen LogP contribution in [0.5, 0.6) is 5.75 Å². The first-order valence-corrected chi connectivity index (χ1v) is 6.90. The predicted octanol–water partition coefficient (Wildman–Crippen LogP) is -0.673. The molecule has 0 aromatic heterocycles. The van der Waals surface area contributed by atoms with Gasteiger partial charge in [0.1, 0.15) is 0 Å². The lowest BCUT2D eigenvalue weighted by Crippen LogP contribution is -2.36. The number of hydrogen-bond donors (Lipinski definition) is 3. The van der Waals surface area contributed by atoms with Crippen LogP contribution in [0, 0.1) is 10.1 Å². The molecule has 116 valence electrons. The summed E-state index contributed by atoms with van der Waals surface area (Å²) in [5, 5.41) is 28.3. The quantitative estimate of drug-likeness (QED) is 0.441. The zero-order valence-corrected chi connectivity index (χ0v) is 11.5. The number of carbonyl (C=O) groups is 1. The van der Waals surface area contributed by atoms with E-state index in [4.69, 9.17) is 14.9 Å². The second-order valence-corrected chi connectivity index (χ2v) is 5.56. The summed E-state index contributed by atoms with van der Waals surface area (Å²) in [6, 6.07) is 2.93. The average molecular weight is 320 g/mol. The number of sulfonamides is 1. The molecule has 1 aromatic carbocycles. The molecule has 0 bridgehead atoms. The minimum absolute atomic E-state index is 0.121. The fraction of sp³-hybridized carbons (Fsp3) is 0.300. The van der Waals surface area contributed by atoms with E-state index in [1.165, 1.54) is 7.11 Å². The first kappa shape index (κ1) is 16.8. The molecular formula is C10H12N2O8S. The van der Waals surface area contributed by atoms with Crippen molar-refractivity contribution < 1.29 is 33.1 Å². The highest BCUT2D eigenvalue weighted by Gasteiger charge is 2.23. The molecule has 0 aliphatic heterocycles. The Hall–Kier alpha value is -2.24. The highest BCUT2D eigenvalue weighted by molar-refractivity contribution is 7.89. The van der Waals surface area contributed by atoms with Crippen molar-refractivity contribution in [1.82, 2.24) is 4.72 Å². The van der Waals surface area contributed by atoms with E-state index in [0.717, 1.165) is 18.2 Å². The molecule has 0 radical (unpaired) electrons. The van der Waals surface area contributed by atoms with Crippen LogP contribution < -0.4 is 9.46 Å². The number of carboxylic acid groups (broad SMARTS) is 1. The van der Waals surface area contributed by atoms with Crippen molar-refractivity contribution in [3.05, 3.63) is 28.3 Å². The van der Waals surface area contributed by atoms with Crippen molar-refractivity contribution >= 4 is 21.7 Å². The van der Waals surface area contributed by atoms with Crippen LogP contribution in [-0.4, -0.2) is 49.3 Å². The summed E-state index contributed by atoms with van der Waals surface area (Å²) >= 11 is 0. The fourth-order valence-corrected chi connectivity index (χ4v) is 2.40. The van der Waals surface area contributed by atoms with E-state index in [1.807, 2.05) is 4.72 Å². The van der Waals surface area contributed by atoms with E-state index in [9.17, 15) is 23.3 Å². The molecule has 1 atom stereocenters. The number of aliphatic hydroxyl groups excluding tert-OH is 1. The van der Waals surface area contributed by atoms with E-state index < -0.39 is 44.1 Å². The molecule has 0 fully saturated rings. The molecule has 21 heavy (non-hydrogen) atoms. The Morgan fingerprint density at radius 1 is 1.52 bits per heavy atom. The molecule has 0 aliphatic carbocycles. The third-order valence-corrected chi connectivity index (χ3v) is 3.83. The first-order valence-electron chi connectivity index (χ1n) is 5.42. The number of nitrogens with zero attached hydrogens (tertiary/aromatic N) is 1. The van der Waals surface area contributed by atoms with Gasteiger partial charge in [0.2, 0.25) is 10.0 Å². The van der Waals surface area contributed by atoms with Gasteiger partial charge in [-0.25, -0.2) is 17.9 Å². The van der Waals surface area contributed by atoms with Crippen LogP contribution in [0.4, 0.5) is 5.69 Å². The van der Waals surface area contributed by atoms with Crippen LogP contribution in [0.15, 0.2) is 23.1 Å². The molecule has 0 unspecified atom stereocenters. The molecule has 3 N–H and O–H groups in total. The van der Waals surface area contributed by atoms with Crippen molar-refractivity contribution in [2.24, 2.45) is 0 Å². The Labute approximate surface area is 119 Å². The Balaban J connectivity index is 3.06. The van der Waals surface area contributed by atoms with Crippen molar-refractivity contribution in [2.75, 3.05) is 13.7 Å². The van der Waals surface area contributed by atoms with E-state index in [2.05, 4.69) is 0 Å². The zero-order chi connectivity index (χ0) is 16.2. The number of nitro groups is 1. The van der Waals surface area contributed by atoms with Gasteiger partial charge in [-0.3, -0.25) is 10.1 Å². The molecule has 0 amide bonds. The molecule has 0 spiro atoms. The number of aliphatic hydroxyl groups is 1. The fourth-order valence-electron chi connectivity index (χ4n) is 1.34. The largest absolute Gasteiger partial charge is 0.490 e. The Kier molecular flexibility index (Phi) is 5.18. The Morgan fingerprint density at radius 2 is 2.14 bits per heavy atom. The second-order valence-electron chi connectivity index (χ2n) is 3.80. The first-order chi connectivity index (χ1) is 9.69. The van der Waals surface area contributed by atoms with E-state index in [1.54, 1.807) is 0 Å². The maximum absolute atomic E-state index is 11.9. The summed E-state index contributed by atoms with van der Waals surface area (Å²) in [7, 11) is -3.01. The van der Waals surface area contributed by atoms with Gasteiger partial charge in [0.15, 0.2) is 11.9 Å². The molecule has 0 aliphatic rings. The Bertz CT molecular complexity index is 657. The average Bonchev–Trinajstić information content (AvgIpc) is 2.43. The molecule has 10 nitrogen and oxygen atoms in total. The molecule has 1 rings (SSSR count). The lowest BCUT2D eigenvalue weighted by molar-refractivity contribution is -0.386. The van der Waals surface area contributed by atoms with E-state index in [-0.39, 0.29) is 5.75 Å². The number of hydrogen-bond acceptors (Lipinski definition) is 7. The lowest BCUT2D eigenvalue weighted by atomic mass is 10.3. The monoisotopic (exact) mass is 320 g/mol. The third-order valence-electron chi connectivity index (χ3n) is 2.41. The minimum atomic E-state index is -4.20. The summed E-state index contributed by atoms with van der Waals surface area (Å²) in [5.41, 5.74) is -0.556.